The quantitative estimate of drug-likeness (QED) is 0.689. The molecule has 0 spiro atoms. The molecule has 0 amide bonds. The van der Waals surface area contributed by atoms with Gasteiger partial charge in [0, 0.05) is 6.04 Å². The molecule has 0 aliphatic heterocycles. The van der Waals surface area contributed by atoms with E-state index in [-0.39, 0.29) is 0 Å². The maximum atomic E-state index is 3.82. The molecule has 94 valence electrons. The lowest BCUT2D eigenvalue weighted by molar-refractivity contribution is 0.501. The van der Waals surface area contributed by atoms with E-state index in [9.17, 15) is 0 Å². The fourth-order valence-electron chi connectivity index (χ4n) is 2.12. The van der Waals surface area contributed by atoms with E-state index in [2.05, 4.69) is 50.9 Å². The first-order chi connectivity index (χ1) is 8.20. The Morgan fingerprint density at radius 3 is 2.76 bits per heavy atom. The summed E-state index contributed by atoms with van der Waals surface area (Å²) in [7, 11) is 0. The predicted molar refractivity (Wildman–Crippen MR) is 76.4 cm³/mol. The van der Waals surface area contributed by atoms with Gasteiger partial charge in [0.2, 0.25) is 0 Å². The molecule has 0 saturated carbocycles. The Morgan fingerprint density at radius 1 is 1.35 bits per heavy atom. The van der Waals surface area contributed by atoms with Crippen molar-refractivity contribution in [1.29, 1.82) is 0 Å². The van der Waals surface area contributed by atoms with E-state index in [1.54, 1.807) is 0 Å². The van der Waals surface area contributed by atoms with Crippen molar-refractivity contribution < 1.29 is 0 Å². The summed E-state index contributed by atoms with van der Waals surface area (Å²) in [5.74, 6) is 0. The van der Waals surface area contributed by atoms with Crippen LogP contribution < -0.4 is 5.32 Å². The summed E-state index contributed by atoms with van der Waals surface area (Å²) in [6.07, 6.45) is 5.38. The molecule has 1 aromatic rings. The molecule has 0 aliphatic carbocycles. The second-order valence-corrected chi connectivity index (χ2v) is 4.66. The first kappa shape index (κ1) is 14.0. The van der Waals surface area contributed by atoms with Gasteiger partial charge in [-0.05, 0) is 56.3 Å². The van der Waals surface area contributed by atoms with Gasteiger partial charge in [0.1, 0.15) is 0 Å². The second kappa shape index (κ2) is 7.29. The second-order valence-electron chi connectivity index (χ2n) is 4.66. The van der Waals surface area contributed by atoms with Crippen LogP contribution in [0.15, 0.2) is 30.9 Å². The number of allylic oxidation sites excluding steroid dienone is 1. The highest BCUT2D eigenvalue weighted by Gasteiger charge is 2.12. The molecule has 0 fully saturated rings. The SMILES string of the molecule is C=CCCC(NCCC)c1cccc(C)c1C. The number of hydrogen-bond donors (Lipinski definition) is 1. The molecular formula is C16H25N. The van der Waals surface area contributed by atoms with Gasteiger partial charge in [-0.15, -0.1) is 6.58 Å². The fourth-order valence-corrected chi connectivity index (χ4v) is 2.12. The number of aryl methyl sites for hydroxylation is 1. The third kappa shape index (κ3) is 4.01. The minimum absolute atomic E-state index is 0.466. The van der Waals surface area contributed by atoms with E-state index in [0.717, 1.165) is 19.4 Å². The lowest BCUT2D eigenvalue weighted by Crippen LogP contribution is -2.23. The summed E-state index contributed by atoms with van der Waals surface area (Å²) in [5, 5.41) is 3.64. The molecule has 0 heterocycles. The fraction of sp³-hybridized carbons (Fsp3) is 0.500. The number of nitrogens with one attached hydrogen (secondary N) is 1. The van der Waals surface area contributed by atoms with Gasteiger partial charge in [-0.3, -0.25) is 0 Å². The van der Waals surface area contributed by atoms with Crippen molar-refractivity contribution in [2.24, 2.45) is 0 Å². The maximum Gasteiger partial charge on any atom is 0.0325 e. The van der Waals surface area contributed by atoms with Crippen molar-refractivity contribution in [2.75, 3.05) is 6.54 Å². The van der Waals surface area contributed by atoms with Crippen molar-refractivity contribution in [3.8, 4) is 0 Å². The third-order valence-corrected chi connectivity index (χ3v) is 3.32. The number of hydrogen-bond acceptors (Lipinski definition) is 1. The van der Waals surface area contributed by atoms with Crippen LogP contribution in [0.2, 0.25) is 0 Å². The van der Waals surface area contributed by atoms with E-state index >= 15 is 0 Å². The summed E-state index contributed by atoms with van der Waals surface area (Å²) < 4.78 is 0. The van der Waals surface area contributed by atoms with Crippen molar-refractivity contribution in [2.45, 2.75) is 46.1 Å². The maximum absolute atomic E-state index is 3.82. The van der Waals surface area contributed by atoms with Gasteiger partial charge in [-0.2, -0.15) is 0 Å². The van der Waals surface area contributed by atoms with E-state index in [0.29, 0.717) is 6.04 Å². The Balaban J connectivity index is 2.86. The first-order valence-electron chi connectivity index (χ1n) is 6.61. The summed E-state index contributed by atoms with van der Waals surface area (Å²) in [6, 6.07) is 7.06. The number of rotatable bonds is 7. The Morgan fingerprint density at radius 2 is 2.12 bits per heavy atom. The molecule has 0 bridgehead atoms. The molecule has 0 aliphatic rings. The lowest BCUT2D eigenvalue weighted by atomic mass is 9.94. The molecule has 0 radical (unpaired) electrons. The van der Waals surface area contributed by atoms with E-state index in [1.165, 1.54) is 23.1 Å². The zero-order chi connectivity index (χ0) is 12.7. The molecule has 1 nitrogen and oxygen atoms in total. The molecule has 1 rings (SSSR count). The average molecular weight is 231 g/mol. The number of benzene rings is 1. The van der Waals surface area contributed by atoms with Crippen LogP contribution in [0.3, 0.4) is 0 Å². The standard InChI is InChI=1S/C16H25N/c1-5-7-11-16(17-12-6-2)15-10-8-9-13(3)14(15)4/h5,8-10,16-17H,1,6-7,11-12H2,2-4H3. The molecular weight excluding hydrogens is 206 g/mol. The molecule has 0 saturated heterocycles. The summed E-state index contributed by atoms with van der Waals surface area (Å²) in [5.41, 5.74) is 4.25. The first-order valence-corrected chi connectivity index (χ1v) is 6.61. The van der Waals surface area contributed by atoms with Gasteiger partial charge in [0.15, 0.2) is 0 Å². The van der Waals surface area contributed by atoms with Gasteiger partial charge < -0.3 is 5.32 Å². The molecule has 17 heavy (non-hydrogen) atoms. The average Bonchev–Trinajstić information content (AvgIpc) is 2.34. The van der Waals surface area contributed by atoms with Crippen LogP contribution in [0.25, 0.3) is 0 Å². The minimum Gasteiger partial charge on any atom is -0.310 e. The van der Waals surface area contributed by atoms with Crippen LogP contribution >= 0.6 is 0 Å². The van der Waals surface area contributed by atoms with E-state index < -0.39 is 0 Å². The molecule has 1 aromatic carbocycles. The monoisotopic (exact) mass is 231 g/mol. The van der Waals surface area contributed by atoms with Crippen LogP contribution in [-0.4, -0.2) is 6.54 Å². The zero-order valence-electron chi connectivity index (χ0n) is 11.4. The Bertz CT molecular complexity index is 355. The van der Waals surface area contributed by atoms with Crippen LogP contribution in [0, 0.1) is 13.8 Å². The zero-order valence-corrected chi connectivity index (χ0v) is 11.4. The molecule has 1 atom stereocenters. The molecule has 1 N–H and O–H groups in total. The highest BCUT2D eigenvalue weighted by atomic mass is 14.9. The van der Waals surface area contributed by atoms with Crippen LogP contribution in [0.4, 0.5) is 0 Å². The minimum atomic E-state index is 0.466. The van der Waals surface area contributed by atoms with Gasteiger partial charge in [0.25, 0.3) is 0 Å². The summed E-state index contributed by atoms with van der Waals surface area (Å²) in [6.45, 7) is 11.5. The predicted octanol–water partition coefficient (Wildman–Crippen LogP) is 4.31. The van der Waals surface area contributed by atoms with E-state index in [4.69, 9.17) is 0 Å². The molecule has 0 aromatic heterocycles. The summed E-state index contributed by atoms with van der Waals surface area (Å²) >= 11 is 0. The highest BCUT2D eigenvalue weighted by molar-refractivity contribution is 5.35. The van der Waals surface area contributed by atoms with Gasteiger partial charge in [-0.25, -0.2) is 0 Å². The van der Waals surface area contributed by atoms with Crippen LogP contribution in [0.5, 0.6) is 0 Å². The van der Waals surface area contributed by atoms with Crippen molar-refractivity contribution >= 4 is 0 Å². The topological polar surface area (TPSA) is 12.0 Å². The third-order valence-electron chi connectivity index (χ3n) is 3.32. The van der Waals surface area contributed by atoms with Crippen molar-refractivity contribution in [3.63, 3.8) is 0 Å². The Hall–Kier alpha value is -1.08. The van der Waals surface area contributed by atoms with Gasteiger partial charge >= 0.3 is 0 Å². The largest absolute Gasteiger partial charge is 0.310 e. The normalized spacial score (nSPS) is 12.4. The molecule has 1 unspecified atom stereocenters. The highest BCUT2D eigenvalue weighted by Crippen LogP contribution is 2.24. The van der Waals surface area contributed by atoms with Gasteiger partial charge in [0.05, 0.1) is 0 Å². The van der Waals surface area contributed by atoms with E-state index in [1.807, 2.05) is 6.08 Å². The summed E-state index contributed by atoms with van der Waals surface area (Å²) in [4.78, 5) is 0. The Kier molecular flexibility index (Phi) is 5.99. The van der Waals surface area contributed by atoms with Gasteiger partial charge in [-0.1, -0.05) is 31.2 Å². The van der Waals surface area contributed by atoms with Crippen molar-refractivity contribution in [1.82, 2.24) is 5.32 Å². The molecule has 1 heteroatoms. The lowest BCUT2D eigenvalue weighted by Gasteiger charge is -2.21. The van der Waals surface area contributed by atoms with Crippen molar-refractivity contribution in [3.05, 3.63) is 47.5 Å². The van der Waals surface area contributed by atoms with Crippen LogP contribution in [0.1, 0.15) is 48.9 Å². The smallest absolute Gasteiger partial charge is 0.0325 e. The van der Waals surface area contributed by atoms with Crippen LogP contribution in [-0.2, 0) is 0 Å². The Labute approximate surface area is 106 Å².